The maximum atomic E-state index is 12.6. The van der Waals surface area contributed by atoms with Gasteiger partial charge in [0.15, 0.2) is 0 Å². The zero-order valence-corrected chi connectivity index (χ0v) is 15.5. The molecule has 2 aromatic rings. The molecule has 1 fully saturated rings. The largest absolute Gasteiger partial charge is 0.317 e. The minimum Gasteiger partial charge on any atom is -0.317 e. The molecular formula is C16H14BrClN2O2S. The molecule has 4 nitrogen and oxygen atoms in total. The van der Waals surface area contributed by atoms with Crippen LogP contribution in [0.5, 0.6) is 0 Å². The highest BCUT2D eigenvalue weighted by atomic mass is 79.9. The summed E-state index contributed by atoms with van der Waals surface area (Å²) in [5, 5.41) is 4.04. The molecule has 1 heterocycles. The molecule has 0 radical (unpaired) electrons. The highest BCUT2D eigenvalue weighted by molar-refractivity contribution is 9.10. The maximum absolute atomic E-state index is 12.6. The van der Waals surface area contributed by atoms with Crippen molar-refractivity contribution in [3.63, 3.8) is 0 Å². The lowest BCUT2D eigenvalue weighted by Crippen LogP contribution is -2.25. The van der Waals surface area contributed by atoms with E-state index in [1.165, 1.54) is 16.2 Å². The third-order valence-electron chi connectivity index (χ3n) is 3.59. The summed E-state index contributed by atoms with van der Waals surface area (Å²) in [4.78, 5) is 26.4. The van der Waals surface area contributed by atoms with Gasteiger partial charge in [-0.15, -0.1) is 11.3 Å². The van der Waals surface area contributed by atoms with Crippen molar-refractivity contribution in [2.24, 2.45) is 5.92 Å². The van der Waals surface area contributed by atoms with Gasteiger partial charge in [0.05, 0.1) is 20.6 Å². The summed E-state index contributed by atoms with van der Waals surface area (Å²) in [7, 11) is 1.68. The molecule has 23 heavy (non-hydrogen) atoms. The first-order valence-electron chi connectivity index (χ1n) is 7.09. The Kier molecular flexibility index (Phi) is 4.75. The van der Waals surface area contributed by atoms with Crippen molar-refractivity contribution in [3.8, 4) is 0 Å². The summed E-state index contributed by atoms with van der Waals surface area (Å²) < 4.78 is 0.855. The summed E-state index contributed by atoms with van der Waals surface area (Å²) in [6.45, 7) is 0. The Labute approximate surface area is 151 Å². The van der Waals surface area contributed by atoms with Gasteiger partial charge in [-0.3, -0.25) is 9.59 Å². The van der Waals surface area contributed by atoms with Crippen molar-refractivity contribution in [1.82, 2.24) is 0 Å². The van der Waals surface area contributed by atoms with Gasteiger partial charge in [0.2, 0.25) is 5.91 Å². The summed E-state index contributed by atoms with van der Waals surface area (Å²) in [6, 6.07) is 8.85. The van der Waals surface area contributed by atoms with Crippen LogP contribution in [0.4, 0.5) is 10.7 Å². The van der Waals surface area contributed by atoms with Crippen LogP contribution in [0.15, 0.2) is 34.8 Å². The average molecular weight is 414 g/mol. The summed E-state index contributed by atoms with van der Waals surface area (Å²) in [5.74, 6) is 0.0156. The van der Waals surface area contributed by atoms with E-state index in [-0.39, 0.29) is 17.7 Å². The summed E-state index contributed by atoms with van der Waals surface area (Å²) in [5.41, 5.74) is 0.636. The molecular weight excluding hydrogens is 400 g/mol. The Hall–Kier alpha value is -1.37. The van der Waals surface area contributed by atoms with E-state index in [0.29, 0.717) is 20.6 Å². The van der Waals surface area contributed by atoms with Crippen molar-refractivity contribution in [2.45, 2.75) is 12.8 Å². The molecule has 120 valence electrons. The number of thiophene rings is 1. The van der Waals surface area contributed by atoms with Gasteiger partial charge in [-0.2, -0.15) is 0 Å². The predicted octanol–water partition coefficient (Wildman–Crippen LogP) is 4.79. The monoisotopic (exact) mass is 412 g/mol. The molecule has 1 N–H and O–H groups in total. The second-order valence-electron chi connectivity index (χ2n) is 5.39. The molecule has 0 aliphatic heterocycles. The second-order valence-corrected chi connectivity index (χ2v) is 7.79. The molecule has 1 saturated carbocycles. The molecule has 0 saturated heterocycles. The molecule has 2 amide bonds. The number of benzene rings is 1. The lowest BCUT2D eigenvalue weighted by molar-refractivity contribution is -0.117. The number of rotatable bonds is 4. The molecule has 0 atom stereocenters. The van der Waals surface area contributed by atoms with Crippen LogP contribution in [0.2, 0.25) is 5.02 Å². The number of amides is 2. The lowest BCUT2D eigenvalue weighted by Gasteiger charge is -2.18. The van der Waals surface area contributed by atoms with E-state index in [1.807, 2.05) is 6.07 Å². The van der Waals surface area contributed by atoms with Crippen molar-refractivity contribution in [2.75, 3.05) is 17.3 Å². The van der Waals surface area contributed by atoms with E-state index in [2.05, 4.69) is 21.2 Å². The van der Waals surface area contributed by atoms with Gasteiger partial charge in [-0.25, -0.2) is 0 Å². The number of halogens is 2. The Balaban J connectivity index is 1.74. The van der Waals surface area contributed by atoms with Crippen LogP contribution in [0.25, 0.3) is 0 Å². The molecule has 1 aliphatic rings. The fraction of sp³-hybridized carbons (Fsp3) is 0.250. The van der Waals surface area contributed by atoms with Gasteiger partial charge in [0.1, 0.15) is 0 Å². The molecule has 1 aromatic heterocycles. The number of hydrogen-bond donors (Lipinski definition) is 1. The van der Waals surface area contributed by atoms with E-state index < -0.39 is 0 Å². The van der Waals surface area contributed by atoms with Crippen LogP contribution < -0.4 is 10.2 Å². The zero-order valence-electron chi connectivity index (χ0n) is 12.3. The zero-order chi connectivity index (χ0) is 16.6. The highest BCUT2D eigenvalue weighted by Crippen LogP contribution is 2.33. The molecule has 0 bridgehead atoms. The quantitative estimate of drug-likeness (QED) is 0.783. The first-order valence-corrected chi connectivity index (χ1v) is 9.08. The standard InChI is InChI=1S/C16H14BrClN2O2S/c1-20(12-5-4-10(17)8-11(12)18)16(22)13-6-7-14(23-13)19-15(21)9-2-3-9/h4-9H,2-3H2,1H3,(H,19,21). The minimum atomic E-state index is -0.161. The van der Waals surface area contributed by atoms with Crippen LogP contribution >= 0.6 is 38.9 Å². The smallest absolute Gasteiger partial charge is 0.268 e. The Bertz CT molecular complexity index is 773. The van der Waals surface area contributed by atoms with Gasteiger partial charge in [-0.1, -0.05) is 27.5 Å². The summed E-state index contributed by atoms with van der Waals surface area (Å²) >= 11 is 10.8. The predicted molar refractivity (Wildman–Crippen MR) is 97.6 cm³/mol. The Morgan fingerprint density at radius 3 is 2.70 bits per heavy atom. The Morgan fingerprint density at radius 1 is 1.30 bits per heavy atom. The van der Waals surface area contributed by atoms with Crippen LogP contribution in [-0.4, -0.2) is 18.9 Å². The molecule has 3 rings (SSSR count). The third kappa shape index (κ3) is 3.76. The van der Waals surface area contributed by atoms with E-state index in [4.69, 9.17) is 11.6 Å². The average Bonchev–Trinajstić information content (AvgIpc) is 3.26. The third-order valence-corrected chi connectivity index (χ3v) is 5.37. The molecule has 0 spiro atoms. The molecule has 0 unspecified atom stereocenters. The summed E-state index contributed by atoms with van der Waals surface area (Å²) in [6.07, 6.45) is 1.90. The van der Waals surface area contributed by atoms with Crippen molar-refractivity contribution >= 4 is 61.4 Å². The van der Waals surface area contributed by atoms with Gasteiger partial charge in [0, 0.05) is 17.4 Å². The van der Waals surface area contributed by atoms with E-state index in [9.17, 15) is 9.59 Å². The van der Waals surface area contributed by atoms with Gasteiger partial charge in [-0.05, 0) is 43.2 Å². The second kappa shape index (κ2) is 6.63. The maximum Gasteiger partial charge on any atom is 0.268 e. The number of anilines is 2. The first-order chi connectivity index (χ1) is 11.0. The van der Waals surface area contributed by atoms with Crippen LogP contribution in [0.1, 0.15) is 22.5 Å². The van der Waals surface area contributed by atoms with Crippen LogP contribution in [0, 0.1) is 5.92 Å². The van der Waals surface area contributed by atoms with Crippen molar-refractivity contribution in [3.05, 3.63) is 44.7 Å². The number of nitrogens with zero attached hydrogens (tertiary/aromatic N) is 1. The molecule has 7 heteroatoms. The van der Waals surface area contributed by atoms with Gasteiger partial charge < -0.3 is 10.2 Å². The number of nitrogens with one attached hydrogen (secondary N) is 1. The first kappa shape index (κ1) is 16.5. The minimum absolute atomic E-state index is 0.0372. The van der Waals surface area contributed by atoms with E-state index in [0.717, 1.165) is 17.3 Å². The normalized spacial score (nSPS) is 13.7. The molecule has 1 aliphatic carbocycles. The fourth-order valence-electron chi connectivity index (χ4n) is 2.12. The SMILES string of the molecule is CN(C(=O)c1ccc(NC(=O)C2CC2)s1)c1ccc(Br)cc1Cl. The fourth-order valence-corrected chi connectivity index (χ4v) is 3.80. The van der Waals surface area contributed by atoms with Crippen LogP contribution in [-0.2, 0) is 4.79 Å². The Morgan fingerprint density at radius 2 is 2.04 bits per heavy atom. The highest BCUT2D eigenvalue weighted by Gasteiger charge is 2.30. The van der Waals surface area contributed by atoms with Crippen molar-refractivity contribution < 1.29 is 9.59 Å². The van der Waals surface area contributed by atoms with Gasteiger partial charge >= 0.3 is 0 Å². The van der Waals surface area contributed by atoms with E-state index in [1.54, 1.807) is 31.3 Å². The van der Waals surface area contributed by atoms with E-state index >= 15 is 0 Å². The number of carbonyl (C=O) groups excluding carboxylic acids is 2. The van der Waals surface area contributed by atoms with Crippen molar-refractivity contribution in [1.29, 1.82) is 0 Å². The topological polar surface area (TPSA) is 49.4 Å². The lowest BCUT2D eigenvalue weighted by atomic mass is 10.3. The van der Waals surface area contributed by atoms with Crippen LogP contribution in [0.3, 0.4) is 0 Å². The van der Waals surface area contributed by atoms with Gasteiger partial charge in [0.25, 0.3) is 5.91 Å². The molecule has 1 aromatic carbocycles. The number of hydrogen-bond acceptors (Lipinski definition) is 3. The number of carbonyl (C=O) groups is 2.